The standard InChI is InChI=1S/C14H14BN3O3/c1-9(11-4-2-10(7-16)3-5-11)21-13-6-12(15(19)20)8-18-14(13)17/h2-6,8-9,19-20H,1H3,(H2,17,18). The molecule has 2 rings (SSSR count). The predicted molar refractivity (Wildman–Crippen MR) is 78.7 cm³/mol. The maximum atomic E-state index is 9.14. The summed E-state index contributed by atoms with van der Waals surface area (Å²) in [5.74, 6) is 0.442. The number of rotatable bonds is 4. The topological polar surface area (TPSA) is 112 Å². The van der Waals surface area contributed by atoms with Crippen LogP contribution in [0.5, 0.6) is 5.75 Å². The summed E-state index contributed by atoms with van der Waals surface area (Å²) in [5, 5.41) is 27.0. The number of pyridine rings is 1. The van der Waals surface area contributed by atoms with Crippen molar-refractivity contribution >= 4 is 18.4 Å². The van der Waals surface area contributed by atoms with Gasteiger partial charge in [-0.3, -0.25) is 0 Å². The zero-order chi connectivity index (χ0) is 15.4. The number of nitrogens with zero attached hydrogens (tertiary/aromatic N) is 2. The van der Waals surface area contributed by atoms with Gasteiger partial charge in [-0.05, 0) is 30.7 Å². The minimum absolute atomic E-state index is 0.167. The van der Waals surface area contributed by atoms with Crippen LogP contribution in [0.2, 0.25) is 0 Å². The van der Waals surface area contributed by atoms with Crippen LogP contribution in [0.15, 0.2) is 36.5 Å². The molecule has 0 saturated carbocycles. The van der Waals surface area contributed by atoms with Crippen molar-refractivity contribution in [1.82, 2.24) is 4.98 Å². The van der Waals surface area contributed by atoms with Gasteiger partial charge in [0.05, 0.1) is 11.6 Å². The first kappa shape index (κ1) is 14.8. The fraction of sp³-hybridized carbons (Fsp3) is 0.143. The number of ether oxygens (including phenoxy) is 1. The van der Waals surface area contributed by atoms with Gasteiger partial charge in [-0.2, -0.15) is 5.26 Å². The number of aromatic nitrogens is 1. The first-order chi connectivity index (χ1) is 10.0. The molecule has 1 heterocycles. The summed E-state index contributed by atoms with van der Waals surface area (Å²) in [6.45, 7) is 1.82. The highest BCUT2D eigenvalue weighted by Crippen LogP contribution is 2.24. The van der Waals surface area contributed by atoms with Gasteiger partial charge in [0.25, 0.3) is 0 Å². The molecule has 0 aliphatic heterocycles. The molecule has 0 radical (unpaired) electrons. The summed E-state index contributed by atoms with van der Waals surface area (Å²) >= 11 is 0. The average molecular weight is 283 g/mol. The maximum absolute atomic E-state index is 9.14. The van der Waals surface area contributed by atoms with E-state index >= 15 is 0 Å². The normalized spacial score (nSPS) is 11.5. The molecule has 0 bridgehead atoms. The van der Waals surface area contributed by atoms with E-state index in [4.69, 9.17) is 25.8 Å². The van der Waals surface area contributed by atoms with E-state index < -0.39 is 7.12 Å². The number of nitrogen functional groups attached to an aromatic ring is 1. The van der Waals surface area contributed by atoms with E-state index in [9.17, 15) is 0 Å². The molecule has 1 aromatic carbocycles. The number of nitrogens with two attached hydrogens (primary N) is 1. The highest BCUT2D eigenvalue weighted by Gasteiger charge is 2.16. The second-order valence-electron chi connectivity index (χ2n) is 4.52. The molecular formula is C14H14BN3O3. The molecule has 2 aromatic rings. The fourth-order valence-corrected chi connectivity index (χ4v) is 1.79. The Balaban J connectivity index is 2.20. The molecule has 0 spiro atoms. The van der Waals surface area contributed by atoms with Crippen molar-refractivity contribution in [1.29, 1.82) is 5.26 Å². The fourth-order valence-electron chi connectivity index (χ4n) is 1.79. The Morgan fingerprint density at radius 3 is 2.57 bits per heavy atom. The Hall–Kier alpha value is -2.56. The van der Waals surface area contributed by atoms with Crippen LogP contribution in [0.25, 0.3) is 0 Å². The van der Waals surface area contributed by atoms with Gasteiger partial charge in [0.1, 0.15) is 6.10 Å². The largest absolute Gasteiger partial charge is 0.490 e. The van der Waals surface area contributed by atoms with Crippen LogP contribution < -0.4 is 15.9 Å². The van der Waals surface area contributed by atoms with E-state index in [2.05, 4.69) is 4.98 Å². The monoisotopic (exact) mass is 283 g/mol. The molecule has 4 N–H and O–H groups in total. The van der Waals surface area contributed by atoms with Gasteiger partial charge in [0, 0.05) is 11.7 Å². The van der Waals surface area contributed by atoms with E-state index in [0.29, 0.717) is 5.56 Å². The van der Waals surface area contributed by atoms with Crippen molar-refractivity contribution in [3.8, 4) is 11.8 Å². The van der Waals surface area contributed by atoms with Crippen LogP contribution in [0.1, 0.15) is 24.2 Å². The summed E-state index contributed by atoms with van der Waals surface area (Å²) in [7, 11) is -1.63. The molecule has 0 aliphatic carbocycles. The second-order valence-corrected chi connectivity index (χ2v) is 4.52. The second kappa shape index (κ2) is 6.26. The van der Waals surface area contributed by atoms with Gasteiger partial charge in [-0.25, -0.2) is 4.98 Å². The van der Waals surface area contributed by atoms with Crippen LogP contribution in [-0.2, 0) is 0 Å². The zero-order valence-corrected chi connectivity index (χ0v) is 11.4. The zero-order valence-electron chi connectivity index (χ0n) is 11.4. The number of hydrogen-bond donors (Lipinski definition) is 3. The van der Waals surface area contributed by atoms with Crippen molar-refractivity contribution < 1.29 is 14.8 Å². The molecule has 1 atom stereocenters. The van der Waals surface area contributed by atoms with E-state index in [-0.39, 0.29) is 23.1 Å². The van der Waals surface area contributed by atoms with E-state index in [1.54, 1.807) is 24.3 Å². The van der Waals surface area contributed by atoms with Gasteiger partial charge < -0.3 is 20.5 Å². The van der Waals surface area contributed by atoms with Crippen molar-refractivity contribution in [2.24, 2.45) is 0 Å². The van der Waals surface area contributed by atoms with Crippen molar-refractivity contribution in [3.63, 3.8) is 0 Å². The average Bonchev–Trinajstić information content (AvgIpc) is 2.49. The van der Waals surface area contributed by atoms with Crippen molar-refractivity contribution in [2.45, 2.75) is 13.0 Å². The maximum Gasteiger partial charge on any atom is 0.490 e. The first-order valence-electron chi connectivity index (χ1n) is 6.29. The highest BCUT2D eigenvalue weighted by atomic mass is 16.5. The Labute approximate surface area is 122 Å². The third-order valence-electron chi connectivity index (χ3n) is 3.01. The number of hydrogen-bond acceptors (Lipinski definition) is 6. The summed E-state index contributed by atoms with van der Waals surface area (Å²) in [5.41, 5.74) is 7.35. The summed E-state index contributed by atoms with van der Waals surface area (Å²) in [4.78, 5) is 3.86. The smallest absolute Gasteiger partial charge is 0.482 e. The van der Waals surface area contributed by atoms with Crippen LogP contribution >= 0.6 is 0 Å². The van der Waals surface area contributed by atoms with Crippen molar-refractivity contribution in [2.75, 3.05) is 5.73 Å². The Bertz CT molecular complexity index is 668. The van der Waals surface area contributed by atoms with Gasteiger partial charge in [-0.1, -0.05) is 12.1 Å². The molecular weight excluding hydrogens is 269 g/mol. The molecule has 7 heteroatoms. The number of nitriles is 1. The molecule has 0 amide bonds. The van der Waals surface area contributed by atoms with Gasteiger partial charge in [0.15, 0.2) is 11.6 Å². The van der Waals surface area contributed by atoms with Crippen LogP contribution in [0, 0.1) is 11.3 Å². The van der Waals surface area contributed by atoms with Crippen molar-refractivity contribution in [3.05, 3.63) is 47.7 Å². The molecule has 1 unspecified atom stereocenters. The molecule has 6 nitrogen and oxygen atoms in total. The third kappa shape index (κ3) is 3.51. The lowest BCUT2D eigenvalue weighted by Crippen LogP contribution is -2.30. The summed E-state index contributed by atoms with van der Waals surface area (Å²) in [6.07, 6.45) is 0.951. The molecule has 0 aliphatic rings. The Morgan fingerprint density at radius 2 is 2.00 bits per heavy atom. The van der Waals surface area contributed by atoms with E-state index in [1.807, 2.05) is 13.0 Å². The number of benzene rings is 1. The SMILES string of the molecule is CC(Oc1cc(B(O)O)cnc1N)c1ccc(C#N)cc1. The lowest BCUT2D eigenvalue weighted by Gasteiger charge is -2.16. The molecule has 0 fully saturated rings. The summed E-state index contributed by atoms with van der Waals surface area (Å²) < 4.78 is 5.70. The van der Waals surface area contributed by atoms with Crippen LogP contribution in [0.3, 0.4) is 0 Å². The Kier molecular flexibility index (Phi) is 4.43. The van der Waals surface area contributed by atoms with Crippen LogP contribution in [-0.4, -0.2) is 22.2 Å². The molecule has 0 saturated heterocycles. The third-order valence-corrected chi connectivity index (χ3v) is 3.01. The van der Waals surface area contributed by atoms with E-state index in [0.717, 1.165) is 5.56 Å². The van der Waals surface area contributed by atoms with Gasteiger partial charge >= 0.3 is 7.12 Å². The predicted octanol–water partition coefficient (Wildman–Crippen LogP) is 0.355. The summed E-state index contributed by atoms with van der Waals surface area (Å²) in [6, 6.07) is 10.5. The molecule has 1 aromatic heterocycles. The van der Waals surface area contributed by atoms with E-state index in [1.165, 1.54) is 12.3 Å². The minimum atomic E-state index is -1.63. The quantitative estimate of drug-likeness (QED) is 0.698. The lowest BCUT2D eigenvalue weighted by atomic mass is 9.81. The minimum Gasteiger partial charge on any atom is -0.482 e. The highest BCUT2D eigenvalue weighted by molar-refractivity contribution is 6.58. The molecule has 21 heavy (non-hydrogen) atoms. The Morgan fingerprint density at radius 1 is 1.33 bits per heavy atom. The number of anilines is 1. The van der Waals surface area contributed by atoms with Crippen LogP contribution in [0.4, 0.5) is 5.82 Å². The first-order valence-corrected chi connectivity index (χ1v) is 6.29. The molecule has 106 valence electrons. The lowest BCUT2D eigenvalue weighted by molar-refractivity contribution is 0.227. The van der Waals surface area contributed by atoms with Gasteiger partial charge in [-0.15, -0.1) is 0 Å². The van der Waals surface area contributed by atoms with Gasteiger partial charge in [0.2, 0.25) is 0 Å².